The maximum atomic E-state index is 12.5. The Balaban J connectivity index is 1.28. The highest BCUT2D eigenvalue weighted by atomic mass is 32.1. The number of rotatable bonds is 4. The van der Waals surface area contributed by atoms with Crippen molar-refractivity contribution in [3.8, 4) is 22.8 Å². The Labute approximate surface area is 170 Å². The van der Waals surface area contributed by atoms with Crippen LogP contribution in [-0.2, 0) is 4.79 Å². The minimum atomic E-state index is -0.334. The molecule has 2 aliphatic heterocycles. The molecule has 2 aliphatic rings. The van der Waals surface area contributed by atoms with Crippen LogP contribution in [-0.4, -0.2) is 35.0 Å². The van der Waals surface area contributed by atoms with Gasteiger partial charge in [-0.3, -0.25) is 14.5 Å². The van der Waals surface area contributed by atoms with Crippen LogP contribution in [0.25, 0.3) is 17.0 Å². The molecule has 0 radical (unpaired) electrons. The molecular formula is C21H15N3O4S. The second kappa shape index (κ2) is 6.75. The van der Waals surface area contributed by atoms with Crippen LogP contribution >= 0.6 is 11.3 Å². The molecule has 5 rings (SSSR count). The number of nitrogens with zero attached hydrogens (tertiary/aromatic N) is 2. The number of anilines is 1. The van der Waals surface area contributed by atoms with E-state index in [2.05, 4.69) is 16.9 Å². The lowest BCUT2D eigenvalue weighted by Gasteiger charge is -2.16. The van der Waals surface area contributed by atoms with Gasteiger partial charge in [0.2, 0.25) is 12.7 Å². The molecule has 0 saturated heterocycles. The summed E-state index contributed by atoms with van der Waals surface area (Å²) in [5.41, 5.74) is 3.43. The van der Waals surface area contributed by atoms with Gasteiger partial charge in [0, 0.05) is 27.8 Å². The van der Waals surface area contributed by atoms with Crippen LogP contribution in [0.1, 0.15) is 15.9 Å². The van der Waals surface area contributed by atoms with Gasteiger partial charge < -0.3 is 14.8 Å². The van der Waals surface area contributed by atoms with E-state index in [-0.39, 0.29) is 25.2 Å². The molecule has 0 aliphatic carbocycles. The number of carbonyl (C=O) groups is 2. The van der Waals surface area contributed by atoms with Gasteiger partial charge in [-0.15, -0.1) is 11.3 Å². The summed E-state index contributed by atoms with van der Waals surface area (Å²) in [6, 6.07) is 12.8. The van der Waals surface area contributed by atoms with Gasteiger partial charge in [-0.25, -0.2) is 4.98 Å². The van der Waals surface area contributed by atoms with Crippen LogP contribution < -0.4 is 14.8 Å². The fourth-order valence-electron chi connectivity index (χ4n) is 3.32. The van der Waals surface area contributed by atoms with E-state index >= 15 is 0 Å². The van der Waals surface area contributed by atoms with Crippen LogP contribution in [0.15, 0.2) is 54.4 Å². The standard InChI is InChI=1S/C21H15N3O4S/c1-12-14-4-2-3-5-15(14)20(26)24(12)9-19(25)23-21-22-16(10-29-21)13-6-7-17-18(8-13)28-11-27-17/h2-8,10H,1,9,11H2,(H,22,23,25). The average molecular weight is 405 g/mol. The molecule has 0 unspecified atom stereocenters. The predicted octanol–water partition coefficient (Wildman–Crippen LogP) is 3.60. The van der Waals surface area contributed by atoms with Gasteiger partial charge in [0.15, 0.2) is 16.6 Å². The molecule has 3 aromatic rings. The molecule has 2 aromatic carbocycles. The molecule has 0 atom stereocenters. The SMILES string of the molecule is C=C1c2ccccc2C(=O)N1CC(=O)Nc1nc(-c2ccc3c(c2)OCO3)cs1. The molecule has 1 N–H and O–H groups in total. The molecule has 2 amide bonds. The Kier molecular flexibility index (Phi) is 4.06. The van der Waals surface area contributed by atoms with Crippen molar-refractivity contribution in [2.45, 2.75) is 0 Å². The Morgan fingerprint density at radius 2 is 1.97 bits per heavy atom. The third-order valence-corrected chi connectivity index (χ3v) is 5.52. The van der Waals surface area contributed by atoms with Gasteiger partial charge in [0.05, 0.1) is 5.69 Å². The lowest BCUT2D eigenvalue weighted by atomic mass is 10.1. The van der Waals surface area contributed by atoms with Gasteiger partial charge in [-0.2, -0.15) is 0 Å². The summed E-state index contributed by atoms with van der Waals surface area (Å²) in [4.78, 5) is 30.9. The van der Waals surface area contributed by atoms with Crippen LogP contribution in [0.2, 0.25) is 0 Å². The van der Waals surface area contributed by atoms with Crippen LogP contribution in [0, 0.1) is 0 Å². The summed E-state index contributed by atoms with van der Waals surface area (Å²) in [5, 5.41) is 5.06. The van der Waals surface area contributed by atoms with Crippen molar-refractivity contribution < 1.29 is 19.1 Å². The summed E-state index contributed by atoms with van der Waals surface area (Å²) in [6.07, 6.45) is 0. The zero-order valence-electron chi connectivity index (χ0n) is 15.2. The average Bonchev–Trinajstić information content (AvgIpc) is 3.44. The number of hydrogen-bond donors (Lipinski definition) is 1. The molecule has 0 bridgehead atoms. The van der Waals surface area contributed by atoms with Gasteiger partial charge in [0.25, 0.3) is 5.91 Å². The molecule has 29 heavy (non-hydrogen) atoms. The number of thiazole rings is 1. The van der Waals surface area contributed by atoms with Gasteiger partial charge >= 0.3 is 0 Å². The number of hydrogen-bond acceptors (Lipinski definition) is 6. The molecule has 0 spiro atoms. The summed E-state index contributed by atoms with van der Waals surface area (Å²) in [5.74, 6) is 0.820. The Bertz CT molecular complexity index is 1140. The highest BCUT2D eigenvalue weighted by Gasteiger charge is 2.32. The Morgan fingerprint density at radius 1 is 1.17 bits per heavy atom. The van der Waals surface area contributed by atoms with Crippen molar-refractivity contribution in [2.75, 3.05) is 18.7 Å². The van der Waals surface area contributed by atoms with E-state index < -0.39 is 0 Å². The normalized spacial score (nSPS) is 14.3. The smallest absolute Gasteiger partial charge is 0.259 e. The van der Waals surface area contributed by atoms with Crippen molar-refractivity contribution in [1.82, 2.24) is 9.88 Å². The zero-order chi connectivity index (χ0) is 20.0. The molecule has 1 aromatic heterocycles. The van der Waals surface area contributed by atoms with Crippen molar-refractivity contribution in [3.05, 3.63) is 65.6 Å². The lowest BCUT2D eigenvalue weighted by Crippen LogP contribution is -2.32. The van der Waals surface area contributed by atoms with E-state index in [0.29, 0.717) is 27.9 Å². The number of aromatic nitrogens is 1. The molecule has 144 valence electrons. The monoisotopic (exact) mass is 405 g/mol. The third-order valence-electron chi connectivity index (χ3n) is 4.76. The fraction of sp³-hybridized carbons (Fsp3) is 0.0952. The van der Waals surface area contributed by atoms with E-state index in [1.54, 1.807) is 12.1 Å². The van der Waals surface area contributed by atoms with Crippen LogP contribution in [0.3, 0.4) is 0 Å². The first-order valence-corrected chi connectivity index (χ1v) is 9.74. The van der Waals surface area contributed by atoms with E-state index in [0.717, 1.165) is 16.8 Å². The molecule has 8 heteroatoms. The first-order chi connectivity index (χ1) is 14.1. The van der Waals surface area contributed by atoms with Crippen LogP contribution in [0.5, 0.6) is 11.5 Å². The first kappa shape index (κ1) is 17.4. The maximum absolute atomic E-state index is 12.5. The highest BCUT2D eigenvalue weighted by Crippen LogP contribution is 2.36. The van der Waals surface area contributed by atoms with E-state index in [1.165, 1.54) is 16.2 Å². The fourth-order valence-corrected chi connectivity index (χ4v) is 4.06. The summed E-state index contributed by atoms with van der Waals surface area (Å²) in [7, 11) is 0. The van der Waals surface area contributed by atoms with Crippen LogP contribution in [0.4, 0.5) is 5.13 Å². The van der Waals surface area contributed by atoms with Gasteiger partial charge in [-0.1, -0.05) is 24.8 Å². The molecule has 7 nitrogen and oxygen atoms in total. The van der Waals surface area contributed by atoms with Crippen molar-refractivity contribution in [2.24, 2.45) is 0 Å². The highest BCUT2D eigenvalue weighted by molar-refractivity contribution is 7.14. The molecular weight excluding hydrogens is 390 g/mol. The van der Waals surface area contributed by atoms with Crippen molar-refractivity contribution >= 4 is 34.0 Å². The second-order valence-corrected chi connectivity index (χ2v) is 7.40. The Morgan fingerprint density at radius 3 is 2.79 bits per heavy atom. The first-order valence-electron chi connectivity index (χ1n) is 8.86. The van der Waals surface area contributed by atoms with Gasteiger partial charge in [-0.05, 0) is 24.3 Å². The van der Waals surface area contributed by atoms with Crippen molar-refractivity contribution in [3.63, 3.8) is 0 Å². The van der Waals surface area contributed by atoms with Gasteiger partial charge in [0.1, 0.15) is 6.54 Å². The summed E-state index contributed by atoms with van der Waals surface area (Å²) >= 11 is 1.31. The number of ether oxygens (including phenoxy) is 2. The largest absolute Gasteiger partial charge is 0.454 e. The summed E-state index contributed by atoms with van der Waals surface area (Å²) in [6.45, 7) is 4.04. The number of benzene rings is 2. The number of carbonyl (C=O) groups excluding carboxylic acids is 2. The van der Waals surface area contributed by atoms with Crippen molar-refractivity contribution in [1.29, 1.82) is 0 Å². The summed E-state index contributed by atoms with van der Waals surface area (Å²) < 4.78 is 10.7. The van der Waals surface area contributed by atoms with E-state index in [4.69, 9.17) is 9.47 Å². The third kappa shape index (κ3) is 3.03. The van der Waals surface area contributed by atoms with E-state index in [9.17, 15) is 9.59 Å². The molecule has 3 heterocycles. The molecule has 0 saturated carbocycles. The predicted molar refractivity (Wildman–Crippen MR) is 109 cm³/mol. The number of amides is 2. The minimum Gasteiger partial charge on any atom is -0.454 e. The number of fused-ring (bicyclic) bond motifs is 2. The minimum absolute atomic E-state index is 0.120. The second-order valence-electron chi connectivity index (χ2n) is 6.54. The quantitative estimate of drug-likeness (QED) is 0.717. The number of nitrogens with one attached hydrogen (secondary N) is 1. The Hall–Kier alpha value is -3.65. The van der Waals surface area contributed by atoms with E-state index in [1.807, 2.05) is 35.7 Å². The topological polar surface area (TPSA) is 80.8 Å². The zero-order valence-corrected chi connectivity index (χ0v) is 16.0. The lowest BCUT2D eigenvalue weighted by molar-refractivity contribution is -0.116. The molecule has 0 fully saturated rings. The maximum Gasteiger partial charge on any atom is 0.259 e.